The molecule has 0 aromatic carbocycles. The third-order valence-electron chi connectivity index (χ3n) is 7.01. The van der Waals surface area contributed by atoms with Crippen LogP contribution in [0.1, 0.15) is 75.0 Å². The van der Waals surface area contributed by atoms with Crippen LogP contribution in [0.4, 0.5) is 0 Å². The Balaban J connectivity index is 1.40. The number of hydrogen-bond donors (Lipinski definition) is 0. The predicted molar refractivity (Wildman–Crippen MR) is 134 cm³/mol. The highest BCUT2D eigenvalue weighted by molar-refractivity contribution is 5.95. The van der Waals surface area contributed by atoms with Gasteiger partial charge in [0.1, 0.15) is 11.5 Å². The van der Waals surface area contributed by atoms with Crippen LogP contribution in [0, 0.1) is 13.8 Å². The summed E-state index contributed by atoms with van der Waals surface area (Å²) in [5, 5.41) is 4.84. The van der Waals surface area contributed by atoms with Gasteiger partial charge in [0.05, 0.1) is 6.54 Å². The summed E-state index contributed by atoms with van der Waals surface area (Å²) in [6.07, 6.45) is 9.34. The van der Waals surface area contributed by atoms with Crippen molar-refractivity contribution in [2.45, 2.75) is 65.5 Å². The Morgan fingerprint density at radius 3 is 2.58 bits per heavy atom. The first-order valence-electron chi connectivity index (χ1n) is 12.9. The van der Waals surface area contributed by atoms with Gasteiger partial charge in [0, 0.05) is 61.9 Å². The number of piperidine rings is 1. The summed E-state index contributed by atoms with van der Waals surface area (Å²) in [6, 6.07) is 5.76. The molecule has 3 aromatic heterocycles. The molecule has 9 heteroatoms. The number of carbonyl (C=O) groups excluding carboxylic acids is 2. The van der Waals surface area contributed by atoms with Crippen LogP contribution in [0.15, 0.2) is 30.6 Å². The topological polar surface area (TPSA) is 97.1 Å². The zero-order chi connectivity index (χ0) is 25.1. The molecule has 0 radical (unpaired) electrons. The van der Waals surface area contributed by atoms with E-state index in [0.717, 1.165) is 68.7 Å². The number of pyridine rings is 1. The van der Waals surface area contributed by atoms with E-state index in [1.807, 2.05) is 28.8 Å². The largest absolute Gasteiger partial charge is 0.337 e. The molecule has 5 heterocycles. The Morgan fingerprint density at radius 2 is 1.83 bits per heavy atom. The number of amides is 2. The van der Waals surface area contributed by atoms with Gasteiger partial charge in [-0.2, -0.15) is 5.10 Å². The summed E-state index contributed by atoms with van der Waals surface area (Å²) < 4.78 is 2.00. The third-order valence-corrected chi connectivity index (χ3v) is 7.01. The first-order chi connectivity index (χ1) is 17.5. The van der Waals surface area contributed by atoms with Crippen LogP contribution in [0.3, 0.4) is 0 Å². The van der Waals surface area contributed by atoms with Gasteiger partial charge in [-0.3, -0.25) is 19.3 Å². The quantitative estimate of drug-likeness (QED) is 0.530. The fourth-order valence-electron chi connectivity index (χ4n) is 5.24. The molecule has 1 fully saturated rings. The Morgan fingerprint density at radius 1 is 1.00 bits per heavy atom. The Hall–Kier alpha value is -3.62. The normalized spacial score (nSPS) is 15.6. The van der Waals surface area contributed by atoms with E-state index in [2.05, 4.69) is 21.0 Å². The molecule has 2 aliphatic rings. The highest BCUT2D eigenvalue weighted by Crippen LogP contribution is 2.26. The van der Waals surface area contributed by atoms with Gasteiger partial charge in [0.15, 0.2) is 5.69 Å². The molecule has 2 aliphatic heterocycles. The minimum Gasteiger partial charge on any atom is -0.337 e. The molecule has 2 amide bonds. The first-order valence-corrected chi connectivity index (χ1v) is 12.9. The van der Waals surface area contributed by atoms with Crippen molar-refractivity contribution in [3.8, 4) is 0 Å². The lowest BCUT2D eigenvalue weighted by molar-refractivity contribution is 0.0694. The zero-order valence-electron chi connectivity index (χ0n) is 21.1. The van der Waals surface area contributed by atoms with Gasteiger partial charge in [-0.05, 0) is 63.6 Å². The van der Waals surface area contributed by atoms with E-state index >= 15 is 0 Å². The van der Waals surface area contributed by atoms with Crippen molar-refractivity contribution in [1.29, 1.82) is 0 Å². The maximum Gasteiger partial charge on any atom is 0.274 e. The van der Waals surface area contributed by atoms with E-state index in [1.54, 1.807) is 24.1 Å². The monoisotopic (exact) mass is 487 g/mol. The van der Waals surface area contributed by atoms with Crippen LogP contribution >= 0.6 is 0 Å². The van der Waals surface area contributed by atoms with E-state index < -0.39 is 0 Å². The van der Waals surface area contributed by atoms with E-state index in [-0.39, 0.29) is 11.8 Å². The maximum atomic E-state index is 13.5. The number of nitrogens with zero attached hydrogens (tertiary/aromatic N) is 7. The molecule has 1 saturated heterocycles. The van der Waals surface area contributed by atoms with Crippen molar-refractivity contribution in [2.24, 2.45) is 0 Å². The SMILES string of the molecule is Cc1cc(C(=O)N2CCc3c(c(C(=O)N4CCCCC4)nn3CCCc3cccnc3)C2)nc(C)n1. The van der Waals surface area contributed by atoms with E-state index in [1.165, 1.54) is 5.56 Å². The summed E-state index contributed by atoms with van der Waals surface area (Å²) in [6.45, 7) is 6.86. The fraction of sp³-hybridized carbons (Fsp3) is 0.481. The summed E-state index contributed by atoms with van der Waals surface area (Å²) in [5.74, 6) is 0.438. The molecule has 0 bridgehead atoms. The molecule has 0 atom stereocenters. The number of rotatable bonds is 6. The molecule has 0 unspecified atom stereocenters. The highest BCUT2D eigenvalue weighted by Gasteiger charge is 2.33. The Labute approximate surface area is 211 Å². The average molecular weight is 488 g/mol. The molecule has 0 N–H and O–H groups in total. The number of carbonyl (C=O) groups is 2. The Kier molecular flexibility index (Phi) is 7.06. The lowest BCUT2D eigenvalue weighted by atomic mass is 10.0. The van der Waals surface area contributed by atoms with Crippen LogP contribution in [0.25, 0.3) is 0 Å². The molecule has 188 valence electrons. The second-order valence-corrected chi connectivity index (χ2v) is 9.73. The van der Waals surface area contributed by atoms with Gasteiger partial charge in [0.25, 0.3) is 11.8 Å². The van der Waals surface area contributed by atoms with E-state index in [4.69, 9.17) is 5.10 Å². The predicted octanol–water partition coefficient (Wildman–Crippen LogP) is 3.14. The Bertz CT molecular complexity index is 1230. The molecular formula is C27H33N7O2. The standard InChI is InChI=1S/C27H33N7O2/c1-19-16-23(30-20(2)29-19)26(35)33-15-10-24-22(18-33)25(27(36)32-12-4-3-5-13-32)31-34(24)14-7-9-21-8-6-11-28-17-21/h6,8,11,16-17H,3-5,7,9-10,12-15,18H2,1-2H3. The number of fused-ring (bicyclic) bond motifs is 1. The minimum atomic E-state index is -0.130. The van der Waals surface area contributed by atoms with Crippen molar-refractivity contribution >= 4 is 11.8 Å². The molecule has 0 saturated carbocycles. The molecule has 0 aliphatic carbocycles. The van der Waals surface area contributed by atoms with E-state index in [0.29, 0.717) is 36.7 Å². The fourth-order valence-corrected chi connectivity index (χ4v) is 5.24. The van der Waals surface area contributed by atoms with Crippen molar-refractivity contribution in [3.63, 3.8) is 0 Å². The van der Waals surface area contributed by atoms with Crippen LogP contribution in [0.2, 0.25) is 0 Å². The number of likely N-dealkylation sites (tertiary alicyclic amines) is 1. The van der Waals surface area contributed by atoms with Gasteiger partial charge in [-0.25, -0.2) is 9.97 Å². The lowest BCUT2D eigenvalue weighted by Gasteiger charge is -2.29. The molecule has 9 nitrogen and oxygen atoms in total. The second-order valence-electron chi connectivity index (χ2n) is 9.73. The first kappa shape index (κ1) is 24.1. The van der Waals surface area contributed by atoms with Gasteiger partial charge in [-0.1, -0.05) is 6.07 Å². The van der Waals surface area contributed by atoms with Crippen LogP contribution in [-0.2, 0) is 25.9 Å². The molecule has 3 aromatic rings. The molecule has 0 spiro atoms. The van der Waals surface area contributed by atoms with Crippen LogP contribution < -0.4 is 0 Å². The number of aromatic nitrogens is 5. The summed E-state index contributed by atoms with van der Waals surface area (Å²) in [5.41, 5.74) is 4.81. The highest BCUT2D eigenvalue weighted by atomic mass is 16.2. The van der Waals surface area contributed by atoms with E-state index in [9.17, 15) is 9.59 Å². The molecular weight excluding hydrogens is 454 g/mol. The van der Waals surface area contributed by atoms with Gasteiger partial charge >= 0.3 is 0 Å². The van der Waals surface area contributed by atoms with Crippen LogP contribution in [-0.4, -0.2) is 66.0 Å². The van der Waals surface area contributed by atoms with Crippen molar-refractivity contribution in [1.82, 2.24) is 34.5 Å². The summed E-state index contributed by atoms with van der Waals surface area (Å²) >= 11 is 0. The average Bonchev–Trinajstić information content (AvgIpc) is 3.26. The lowest BCUT2D eigenvalue weighted by Crippen LogP contribution is -2.39. The van der Waals surface area contributed by atoms with Crippen molar-refractivity contribution in [2.75, 3.05) is 19.6 Å². The number of hydrogen-bond acceptors (Lipinski definition) is 6. The van der Waals surface area contributed by atoms with Crippen LogP contribution in [0.5, 0.6) is 0 Å². The van der Waals surface area contributed by atoms with Crippen molar-refractivity contribution in [3.05, 3.63) is 70.3 Å². The second kappa shape index (κ2) is 10.6. The van der Waals surface area contributed by atoms with Crippen molar-refractivity contribution < 1.29 is 9.59 Å². The van der Waals surface area contributed by atoms with Gasteiger partial charge in [0.2, 0.25) is 0 Å². The zero-order valence-corrected chi connectivity index (χ0v) is 21.1. The molecule has 36 heavy (non-hydrogen) atoms. The van der Waals surface area contributed by atoms with Gasteiger partial charge < -0.3 is 9.80 Å². The smallest absolute Gasteiger partial charge is 0.274 e. The maximum absolute atomic E-state index is 13.5. The van der Waals surface area contributed by atoms with Gasteiger partial charge in [-0.15, -0.1) is 0 Å². The summed E-state index contributed by atoms with van der Waals surface area (Å²) in [4.78, 5) is 43.4. The summed E-state index contributed by atoms with van der Waals surface area (Å²) in [7, 11) is 0. The number of aryl methyl sites for hydroxylation is 4. The minimum absolute atomic E-state index is 0.0139. The third kappa shape index (κ3) is 5.15. The molecule has 5 rings (SSSR count).